The van der Waals surface area contributed by atoms with E-state index in [0.29, 0.717) is 6.04 Å². The Balaban J connectivity index is 3.39. The van der Waals surface area contributed by atoms with Gasteiger partial charge in [-0.2, -0.15) is 0 Å². The molecule has 84 valence electrons. The van der Waals surface area contributed by atoms with Crippen molar-refractivity contribution in [3.05, 3.63) is 27.8 Å². The summed E-state index contributed by atoms with van der Waals surface area (Å²) in [6.07, 6.45) is 0. The first-order chi connectivity index (χ1) is 6.86. The molecule has 15 heavy (non-hydrogen) atoms. The Bertz CT molecular complexity index is 346. The Hall–Kier alpha value is -0.980. The van der Waals surface area contributed by atoms with E-state index in [1.165, 1.54) is 33.5 Å². The van der Waals surface area contributed by atoms with Gasteiger partial charge in [0.05, 0.1) is 0 Å². The Kier molecular flexibility index (Phi) is 3.43. The molecule has 0 radical (unpaired) electrons. The summed E-state index contributed by atoms with van der Waals surface area (Å²) in [7, 11) is 0. The average molecular weight is 205 g/mol. The zero-order valence-electron chi connectivity index (χ0n) is 11.1. The van der Waals surface area contributed by atoms with Crippen molar-refractivity contribution in [3.8, 4) is 0 Å². The molecule has 0 unspecified atom stereocenters. The first-order valence-electron chi connectivity index (χ1n) is 5.69. The van der Waals surface area contributed by atoms with Crippen molar-refractivity contribution < 1.29 is 0 Å². The third-order valence-electron chi connectivity index (χ3n) is 3.43. The minimum absolute atomic E-state index is 0.490. The summed E-state index contributed by atoms with van der Waals surface area (Å²) in [6.45, 7) is 15.4. The number of rotatable bonds is 2. The molecule has 1 aromatic rings. The molecule has 1 aromatic carbocycles. The Morgan fingerprint density at radius 2 is 1.00 bits per heavy atom. The van der Waals surface area contributed by atoms with Gasteiger partial charge in [-0.25, -0.2) is 0 Å². The van der Waals surface area contributed by atoms with Gasteiger partial charge in [-0.3, -0.25) is 0 Å². The first-order valence-corrected chi connectivity index (χ1v) is 5.69. The maximum Gasteiger partial charge on any atom is 0.0407 e. The lowest BCUT2D eigenvalue weighted by atomic mass is 9.93. The summed E-state index contributed by atoms with van der Waals surface area (Å²) < 4.78 is 0. The predicted molar refractivity (Wildman–Crippen MR) is 68.9 cm³/mol. The van der Waals surface area contributed by atoms with Crippen molar-refractivity contribution in [3.63, 3.8) is 0 Å². The van der Waals surface area contributed by atoms with Crippen LogP contribution in [0.5, 0.6) is 0 Å². The van der Waals surface area contributed by atoms with E-state index in [-0.39, 0.29) is 0 Å². The molecular weight excluding hydrogens is 182 g/mol. The summed E-state index contributed by atoms with van der Waals surface area (Å²) in [4.78, 5) is 0. The van der Waals surface area contributed by atoms with Gasteiger partial charge in [-0.05, 0) is 76.3 Å². The van der Waals surface area contributed by atoms with Crippen molar-refractivity contribution in [1.29, 1.82) is 0 Å². The largest absolute Gasteiger partial charge is 0.382 e. The molecule has 0 heterocycles. The highest BCUT2D eigenvalue weighted by atomic mass is 14.9. The molecule has 1 N–H and O–H groups in total. The van der Waals surface area contributed by atoms with Gasteiger partial charge in [0.1, 0.15) is 0 Å². The standard InChI is InChI=1S/C14H23N/c1-8(2)15-14-12(6)10(4)9(3)11(5)13(14)7/h8,15H,1-7H3. The van der Waals surface area contributed by atoms with E-state index in [1.54, 1.807) is 0 Å². The van der Waals surface area contributed by atoms with Crippen LogP contribution in [0.25, 0.3) is 0 Å². The Morgan fingerprint density at radius 1 is 0.667 bits per heavy atom. The number of hydrogen-bond donors (Lipinski definition) is 1. The van der Waals surface area contributed by atoms with E-state index in [2.05, 4.69) is 53.8 Å². The van der Waals surface area contributed by atoms with Crippen LogP contribution in [0.2, 0.25) is 0 Å². The summed E-state index contributed by atoms with van der Waals surface area (Å²) in [5, 5.41) is 3.55. The summed E-state index contributed by atoms with van der Waals surface area (Å²) in [6, 6.07) is 0.490. The molecule has 0 aliphatic heterocycles. The minimum atomic E-state index is 0.490. The zero-order valence-corrected chi connectivity index (χ0v) is 11.1. The number of hydrogen-bond acceptors (Lipinski definition) is 1. The molecule has 1 rings (SSSR count). The van der Waals surface area contributed by atoms with Crippen LogP contribution >= 0.6 is 0 Å². The molecule has 0 bridgehead atoms. The van der Waals surface area contributed by atoms with Crippen LogP contribution in [0.4, 0.5) is 5.69 Å². The maximum atomic E-state index is 3.55. The van der Waals surface area contributed by atoms with Crippen LogP contribution in [-0.4, -0.2) is 6.04 Å². The molecule has 0 aromatic heterocycles. The van der Waals surface area contributed by atoms with Crippen molar-refractivity contribution in [2.45, 2.75) is 54.5 Å². The average Bonchev–Trinajstić information content (AvgIpc) is 2.18. The quantitative estimate of drug-likeness (QED) is 0.768. The summed E-state index contributed by atoms with van der Waals surface area (Å²) in [5.41, 5.74) is 8.38. The number of nitrogens with one attached hydrogen (secondary N) is 1. The predicted octanol–water partition coefficient (Wildman–Crippen LogP) is 4.05. The fourth-order valence-electron chi connectivity index (χ4n) is 2.01. The van der Waals surface area contributed by atoms with Crippen molar-refractivity contribution in [2.75, 3.05) is 5.32 Å². The SMILES string of the molecule is Cc1c(C)c(C)c(NC(C)C)c(C)c1C. The van der Waals surface area contributed by atoms with Gasteiger partial charge < -0.3 is 5.32 Å². The molecule has 0 saturated carbocycles. The third kappa shape index (κ3) is 2.17. The smallest absolute Gasteiger partial charge is 0.0407 e. The Morgan fingerprint density at radius 3 is 1.33 bits per heavy atom. The van der Waals surface area contributed by atoms with Gasteiger partial charge in [-0.1, -0.05) is 0 Å². The Labute approximate surface area is 93.9 Å². The molecule has 1 nitrogen and oxygen atoms in total. The van der Waals surface area contributed by atoms with Gasteiger partial charge >= 0.3 is 0 Å². The van der Waals surface area contributed by atoms with Crippen LogP contribution in [-0.2, 0) is 0 Å². The van der Waals surface area contributed by atoms with E-state index in [1.807, 2.05) is 0 Å². The van der Waals surface area contributed by atoms with E-state index < -0.39 is 0 Å². The number of benzene rings is 1. The second-order valence-electron chi connectivity index (χ2n) is 4.80. The van der Waals surface area contributed by atoms with Gasteiger partial charge in [0, 0.05) is 11.7 Å². The highest BCUT2D eigenvalue weighted by Crippen LogP contribution is 2.30. The molecule has 1 heteroatoms. The summed E-state index contributed by atoms with van der Waals surface area (Å²) in [5.74, 6) is 0. The van der Waals surface area contributed by atoms with E-state index >= 15 is 0 Å². The summed E-state index contributed by atoms with van der Waals surface area (Å²) >= 11 is 0. The molecule has 0 saturated heterocycles. The second kappa shape index (κ2) is 4.26. The van der Waals surface area contributed by atoms with Crippen LogP contribution < -0.4 is 5.32 Å². The molecule has 0 aliphatic carbocycles. The first kappa shape index (κ1) is 12.1. The minimum Gasteiger partial charge on any atom is -0.382 e. The third-order valence-corrected chi connectivity index (χ3v) is 3.43. The lowest BCUT2D eigenvalue weighted by Gasteiger charge is -2.21. The number of anilines is 1. The normalized spacial score (nSPS) is 10.9. The van der Waals surface area contributed by atoms with Crippen molar-refractivity contribution in [2.24, 2.45) is 0 Å². The molecule has 0 fully saturated rings. The van der Waals surface area contributed by atoms with Gasteiger partial charge in [-0.15, -0.1) is 0 Å². The highest BCUT2D eigenvalue weighted by Gasteiger charge is 2.12. The fourth-order valence-corrected chi connectivity index (χ4v) is 2.01. The van der Waals surface area contributed by atoms with Crippen LogP contribution in [0.3, 0.4) is 0 Å². The van der Waals surface area contributed by atoms with E-state index in [4.69, 9.17) is 0 Å². The molecule has 0 atom stereocenters. The molecule has 0 spiro atoms. The van der Waals surface area contributed by atoms with Crippen molar-refractivity contribution >= 4 is 5.69 Å². The lowest BCUT2D eigenvalue weighted by molar-refractivity contribution is 0.892. The second-order valence-corrected chi connectivity index (χ2v) is 4.80. The monoisotopic (exact) mass is 205 g/mol. The fraction of sp³-hybridized carbons (Fsp3) is 0.571. The van der Waals surface area contributed by atoms with Crippen LogP contribution in [0.1, 0.15) is 41.7 Å². The van der Waals surface area contributed by atoms with E-state index in [0.717, 1.165) is 0 Å². The van der Waals surface area contributed by atoms with Crippen molar-refractivity contribution in [1.82, 2.24) is 0 Å². The van der Waals surface area contributed by atoms with Crippen LogP contribution in [0, 0.1) is 34.6 Å². The van der Waals surface area contributed by atoms with E-state index in [9.17, 15) is 0 Å². The van der Waals surface area contributed by atoms with Gasteiger partial charge in [0.25, 0.3) is 0 Å². The van der Waals surface area contributed by atoms with Crippen LogP contribution in [0.15, 0.2) is 0 Å². The molecule has 0 amide bonds. The lowest BCUT2D eigenvalue weighted by Crippen LogP contribution is -2.13. The van der Waals surface area contributed by atoms with Gasteiger partial charge in [0.15, 0.2) is 0 Å². The topological polar surface area (TPSA) is 12.0 Å². The zero-order chi connectivity index (χ0) is 11.7. The molecule has 0 aliphatic rings. The highest BCUT2D eigenvalue weighted by molar-refractivity contribution is 5.64. The maximum absolute atomic E-state index is 3.55. The molecular formula is C14H23N. The van der Waals surface area contributed by atoms with Gasteiger partial charge in [0.2, 0.25) is 0 Å².